The maximum atomic E-state index is 6.16. The van der Waals surface area contributed by atoms with E-state index in [4.69, 9.17) is 10.7 Å². The van der Waals surface area contributed by atoms with E-state index < -0.39 is 0 Å². The van der Waals surface area contributed by atoms with E-state index in [9.17, 15) is 0 Å². The Morgan fingerprint density at radius 2 is 1.82 bits per heavy atom. The van der Waals surface area contributed by atoms with Gasteiger partial charge in [-0.3, -0.25) is 0 Å². The Balaban J connectivity index is 1.93. The highest BCUT2D eigenvalue weighted by Gasteiger charge is 2.52. The van der Waals surface area contributed by atoms with Gasteiger partial charge in [0, 0.05) is 13.1 Å². The second kappa shape index (κ2) is 4.87. The van der Waals surface area contributed by atoms with Crippen LogP contribution in [0.25, 0.3) is 0 Å². The number of likely N-dealkylation sites (tertiary alicyclic amines) is 1. The zero-order valence-corrected chi connectivity index (χ0v) is 11.6. The average molecular weight is 237 g/mol. The van der Waals surface area contributed by atoms with E-state index in [1.165, 1.54) is 32.1 Å². The molecule has 0 radical (unpaired) electrons. The van der Waals surface area contributed by atoms with Crippen LogP contribution in [0.3, 0.4) is 0 Å². The normalized spacial score (nSPS) is 34.9. The summed E-state index contributed by atoms with van der Waals surface area (Å²) in [6.45, 7) is 9.11. The highest BCUT2D eigenvalue weighted by atomic mass is 15.3. The van der Waals surface area contributed by atoms with Gasteiger partial charge in [-0.1, -0.05) is 33.6 Å². The number of nitrogens with two attached hydrogens (primary N) is 1. The molecule has 0 amide bonds. The van der Waals surface area contributed by atoms with Gasteiger partial charge in [-0.05, 0) is 30.6 Å². The molecule has 0 aromatic heterocycles. The lowest BCUT2D eigenvalue weighted by atomic mass is 9.94. The highest BCUT2D eigenvalue weighted by molar-refractivity contribution is 5.78. The van der Waals surface area contributed by atoms with Gasteiger partial charge in [0.2, 0.25) is 0 Å². The van der Waals surface area contributed by atoms with Crippen LogP contribution in [0.1, 0.15) is 52.9 Å². The Hall–Kier alpha value is -0.730. The van der Waals surface area contributed by atoms with Gasteiger partial charge in [-0.15, -0.1) is 0 Å². The molecule has 17 heavy (non-hydrogen) atoms. The molecule has 1 aliphatic carbocycles. The van der Waals surface area contributed by atoms with Crippen molar-refractivity contribution in [3.05, 3.63) is 0 Å². The summed E-state index contributed by atoms with van der Waals surface area (Å²) in [5.74, 6) is 1.49. The monoisotopic (exact) mass is 237 g/mol. The van der Waals surface area contributed by atoms with Gasteiger partial charge in [-0.25, -0.2) is 4.99 Å². The number of rotatable bonds is 2. The second-order valence-electron chi connectivity index (χ2n) is 6.27. The van der Waals surface area contributed by atoms with Crippen LogP contribution in [0.5, 0.6) is 0 Å². The zero-order valence-electron chi connectivity index (χ0n) is 11.6. The first-order valence-corrected chi connectivity index (χ1v) is 7.12. The molecule has 0 bridgehead atoms. The summed E-state index contributed by atoms with van der Waals surface area (Å²) in [7, 11) is 0. The van der Waals surface area contributed by atoms with Gasteiger partial charge in [0.25, 0.3) is 0 Å². The van der Waals surface area contributed by atoms with Crippen LogP contribution >= 0.6 is 0 Å². The summed E-state index contributed by atoms with van der Waals surface area (Å²) in [5, 5.41) is 0. The number of guanidine groups is 1. The number of hydrogen-bond acceptors (Lipinski definition) is 1. The van der Waals surface area contributed by atoms with E-state index in [2.05, 4.69) is 25.7 Å². The molecule has 2 fully saturated rings. The van der Waals surface area contributed by atoms with E-state index >= 15 is 0 Å². The summed E-state index contributed by atoms with van der Waals surface area (Å²) >= 11 is 0. The maximum absolute atomic E-state index is 6.16. The van der Waals surface area contributed by atoms with Gasteiger partial charge in [0.1, 0.15) is 0 Å². The lowest BCUT2D eigenvalue weighted by Crippen LogP contribution is -2.38. The minimum absolute atomic E-state index is 0.399. The first kappa shape index (κ1) is 12.7. The lowest BCUT2D eigenvalue weighted by Gasteiger charge is -2.22. The molecule has 0 aromatic carbocycles. The molecule has 98 valence electrons. The van der Waals surface area contributed by atoms with Crippen LogP contribution in [-0.4, -0.2) is 30.0 Å². The molecule has 3 nitrogen and oxygen atoms in total. The van der Waals surface area contributed by atoms with Crippen molar-refractivity contribution in [1.29, 1.82) is 0 Å². The van der Waals surface area contributed by atoms with Crippen molar-refractivity contribution in [2.24, 2.45) is 22.1 Å². The maximum Gasteiger partial charge on any atom is 0.191 e. The predicted molar refractivity (Wildman–Crippen MR) is 73.0 cm³/mol. The van der Waals surface area contributed by atoms with Crippen LogP contribution in [0.15, 0.2) is 4.99 Å². The Kier molecular flexibility index (Phi) is 3.64. The van der Waals surface area contributed by atoms with Crippen molar-refractivity contribution in [2.45, 2.75) is 58.9 Å². The van der Waals surface area contributed by atoms with Crippen molar-refractivity contribution in [2.75, 3.05) is 13.1 Å². The lowest BCUT2D eigenvalue weighted by molar-refractivity contribution is 0.378. The molecule has 0 aromatic rings. The van der Waals surface area contributed by atoms with Crippen LogP contribution in [0.4, 0.5) is 0 Å². The average Bonchev–Trinajstić information content (AvgIpc) is 2.98. The fourth-order valence-electron chi connectivity index (χ4n) is 2.71. The molecule has 1 heterocycles. The third-order valence-electron chi connectivity index (χ3n) is 4.77. The van der Waals surface area contributed by atoms with Gasteiger partial charge in [0.05, 0.1) is 6.04 Å². The Morgan fingerprint density at radius 3 is 2.29 bits per heavy atom. The van der Waals surface area contributed by atoms with Gasteiger partial charge in [-0.2, -0.15) is 0 Å². The minimum atomic E-state index is 0.399. The molecule has 0 spiro atoms. The summed E-state index contributed by atoms with van der Waals surface area (Å²) in [6, 6.07) is 0.464. The molecule has 1 saturated carbocycles. The van der Waals surface area contributed by atoms with Crippen LogP contribution in [0.2, 0.25) is 0 Å². The predicted octanol–water partition coefficient (Wildman–Crippen LogP) is 2.61. The topological polar surface area (TPSA) is 41.6 Å². The Bertz CT molecular complexity index is 290. The standard InChI is InChI=1S/C14H27N3/c1-11(2)14(3)10-12(14)16-13(15)17-8-6-4-5-7-9-17/h11-12H,4-10H2,1-3H3,(H2,15,16). The SMILES string of the molecule is CC(C)C1(C)CC1N=C(N)N1CCCCCC1. The molecule has 2 atom stereocenters. The highest BCUT2D eigenvalue weighted by Crippen LogP contribution is 2.53. The third kappa shape index (κ3) is 2.75. The minimum Gasteiger partial charge on any atom is -0.370 e. The number of hydrogen-bond donors (Lipinski definition) is 1. The fraction of sp³-hybridized carbons (Fsp3) is 0.929. The molecule has 1 saturated heterocycles. The number of nitrogens with zero attached hydrogens (tertiary/aromatic N) is 2. The van der Waals surface area contributed by atoms with E-state index in [-0.39, 0.29) is 0 Å². The molecule has 2 unspecified atom stereocenters. The molecule has 2 rings (SSSR count). The van der Waals surface area contributed by atoms with Gasteiger partial charge < -0.3 is 10.6 Å². The van der Waals surface area contributed by atoms with Crippen molar-refractivity contribution in [3.8, 4) is 0 Å². The van der Waals surface area contributed by atoms with Crippen molar-refractivity contribution in [1.82, 2.24) is 4.90 Å². The molecule has 2 aliphatic rings. The van der Waals surface area contributed by atoms with Crippen molar-refractivity contribution < 1.29 is 0 Å². The number of aliphatic imine (C=N–C) groups is 1. The van der Waals surface area contributed by atoms with Crippen LogP contribution < -0.4 is 5.73 Å². The van der Waals surface area contributed by atoms with Gasteiger partial charge in [0.15, 0.2) is 5.96 Å². The summed E-state index contributed by atoms with van der Waals surface area (Å²) in [5.41, 5.74) is 6.56. The first-order valence-electron chi connectivity index (χ1n) is 7.12. The molecular formula is C14H27N3. The Morgan fingerprint density at radius 1 is 1.24 bits per heavy atom. The molecule has 2 N–H and O–H groups in total. The Labute approximate surface area is 105 Å². The fourth-order valence-corrected chi connectivity index (χ4v) is 2.71. The van der Waals surface area contributed by atoms with E-state index in [0.717, 1.165) is 19.0 Å². The quantitative estimate of drug-likeness (QED) is 0.592. The van der Waals surface area contributed by atoms with Crippen LogP contribution in [-0.2, 0) is 0 Å². The van der Waals surface area contributed by atoms with Crippen molar-refractivity contribution >= 4 is 5.96 Å². The smallest absolute Gasteiger partial charge is 0.191 e. The van der Waals surface area contributed by atoms with E-state index in [0.29, 0.717) is 17.4 Å². The summed E-state index contributed by atoms with van der Waals surface area (Å²) < 4.78 is 0. The molecular weight excluding hydrogens is 210 g/mol. The first-order chi connectivity index (χ1) is 8.04. The van der Waals surface area contributed by atoms with Crippen molar-refractivity contribution in [3.63, 3.8) is 0 Å². The third-order valence-corrected chi connectivity index (χ3v) is 4.77. The zero-order chi connectivity index (χ0) is 12.5. The van der Waals surface area contributed by atoms with E-state index in [1.807, 2.05) is 0 Å². The van der Waals surface area contributed by atoms with E-state index in [1.54, 1.807) is 0 Å². The molecule has 3 heteroatoms. The second-order valence-corrected chi connectivity index (χ2v) is 6.27. The largest absolute Gasteiger partial charge is 0.370 e. The summed E-state index contributed by atoms with van der Waals surface area (Å²) in [6.07, 6.45) is 6.43. The summed E-state index contributed by atoms with van der Waals surface area (Å²) in [4.78, 5) is 7.03. The van der Waals surface area contributed by atoms with Gasteiger partial charge >= 0.3 is 0 Å². The molecule has 1 aliphatic heterocycles. The van der Waals surface area contributed by atoms with Crippen LogP contribution in [0, 0.1) is 11.3 Å².